The van der Waals surface area contributed by atoms with Crippen LogP contribution in [-0.2, 0) is 17.6 Å². The lowest BCUT2D eigenvalue weighted by Crippen LogP contribution is -2.31. The number of aryl methyl sites for hydroxylation is 2. The second kappa shape index (κ2) is 7.68. The molecular weight excluding hydrogens is 338 g/mol. The van der Waals surface area contributed by atoms with Crippen molar-refractivity contribution in [3.63, 3.8) is 0 Å². The standard InChI is InChI=1S/C18H19N3OS2/c1-12-17(24-13(2)20-12)10-18(22)21-16(9-14-6-8-23-11-14)15-5-3-4-7-19-15/h3-8,11,16H,9-10H2,1-2H3,(H,21,22). The molecule has 0 aliphatic heterocycles. The first-order valence-corrected chi connectivity index (χ1v) is 9.52. The molecule has 0 aliphatic rings. The van der Waals surface area contributed by atoms with Crippen LogP contribution in [0, 0.1) is 13.8 Å². The van der Waals surface area contributed by atoms with Crippen molar-refractivity contribution in [1.82, 2.24) is 15.3 Å². The predicted octanol–water partition coefficient (Wildman–Crippen LogP) is 3.86. The lowest BCUT2D eigenvalue weighted by Gasteiger charge is -2.18. The fourth-order valence-corrected chi connectivity index (χ4v) is 4.20. The minimum atomic E-state index is -0.123. The summed E-state index contributed by atoms with van der Waals surface area (Å²) >= 11 is 3.25. The number of carbonyl (C=O) groups excluding carboxylic acids is 1. The van der Waals surface area contributed by atoms with Crippen LogP contribution in [0.4, 0.5) is 0 Å². The Morgan fingerprint density at radius 1 is 1.29 bits per heavy atom. The zero-order valence-electron chi connectivity index (χ0n) is 13.7. The molecule has 0 aliphatic carbocycles. The highest BCUT2D eigenvalue weighted by Crippen LogP contribution is 2.21. The van der Waals surface area contributed by atoms with Gasteiger partial charge in [-0.25, -0.2) is 4.98 Å². The minimum Gasteiger partial charge on any atom is -0.347 e. The summed E-state index contributed by atoms with van der Waals surface area (Å²) in [6.07, 6.45) is 2.87. The van der Waals surface area contributed by atoms with Crippen LogP contribution in [0.25, 0.3) is 0 Å². The van der Waals surface area contributed by atoms with Gasteiger partial charge in [0.05, 0.1) is 28.9 Å². The van der Waals surface area contributed by atoms with Crippen molar-refractivity contribution in [2.24, 2.45) is 0 Å². The number of thiazole rings is 1. The molecule has 3 aromatic heterocycles. The molecule has 3 rings (SSSR count). The predicted molar refractivity (Wildman–Crippen MR) is 98.4 cm³/mol. The number of nitrogens with one attached hydrogen (secondary N) is 1. The molecule has 1 unspecified atom stereocenters. The fourth-order valence-electron chi connectivity index (χ4n) is 2.58. The molecule has 1 atom stereocenters. The van der Waals surface area contributed by atoms with Crippen molar-refractivity contribution >= 4 is 28.6 Å². The van der Waals surface area contributed by atoms with E-state index in [1.807, 2.05) is 32.0 Å². The van der Waals surface area contributed by atoms with Crippen LogP contribution in [0.1, 0.15) is 32.9 Å². The highest BCUT2D eigenvalue weighted by Gasteiger charge is 2.18. The Morgan fingerprint density at radius 2 is 2.17 bits per heavy atom. The molecule has 24 heavy (non-hydrogen) atoms. The van der Waals surface area contributed by atoms with E-state index in [0.29, 0.717) is 6.42 Å². The first kappa shape index (κ1) is 16.8. The zero-order chi connectivity index (χ0) is 16.9. The Bertz CT molecular complexity index is 797. The van der Waals surface area contributed by atoms with E-state index < -0.39 is 0 Å². The summed E-state index contributed by atoms with van der Waals surface area (Å²) in [5, 5.41) is 8.30. The van der Waals surface area contributed by atoms with Crippen LogP contribution in [0.2, 0.25) is 0 Å². The molecule has 0 saturated heterocycles. The maximum atomic E-state index is 12.5. The van der Waals surface area contributed by atoms with Crippen LogP contribution in [0.15, 0.2) is 41.2 Å². The molecule has 124 valence electrons. The molecule has 0 fully saturated rings. The van der Waals surface area contributed by atoms with Crippen molar-refractivity contribution in [3.05, 3.63) is 68.1 Å². The van der Waals surface area contributed by atoms with E-state index in [0.717, 1.165) is 27.7 Å². The number of thiophene rings is 1. The molecule has 3 heterocycles. The Balaban J connectivity index is 1.73. The van der Waals surface area contributed by atoms with Gasteiger partial charge < -0.3 is 5.32 Å². The van der Waals surface area contributed by atoms with E-state index in [1.165, 1.54) is 5.56 Å². The van der Waals surface area contributed by atoms with E-state index >= 15 is 0 Å². The van der Waals surface area contributed by atoms with Crippen LogP contribution < -0.4 is 5.32 Å². The molecule has 0 saturated carbocycles. The minimum absolute atomic E-state index is 0.00707. The topological polar surface area (TPSA) is 54.9 Å². The molecule has 0 bridgehead atoms. The van der Waals surface area contributed by atoms with Crippen LogP contribution in [0.5, 0.6) is 0 Å². The fraction of sp³-hybridized carbons (Fsp3) is 0.278. The lowest BCUT2D eigenvalue weighted by atomic mass is 10.0. The van der Waals surface area contributed by atoms with Gasteiger partial charge in [0.25, 0.3) is 0 Å². The maximum Gasteiger partial charge on any atom is 0.225 e. The van der Waals surface area contributed by atoms with Gasteiger partial charge >= 0.3 is 0 Å². The molecule has 0 radical (unpaired) electrons. The molecular formula is C18H19N3OS2. The van der Waals surface area contributed by atoms with E-state index in [2.05, 4.69) is 32.1 Å². The van der Waals surface area contributed by atoms with E-state index in [1.54, 1.807) is 28.9 Å². The largest absolute Gasteiger partial charge is 0.347 e. The molecule has 0 aromatic carbocycles. The smallest absolute Gasteiger partial charge is 0.225 e. The van der Waals surface area contributed by atoms with Gasteiger partial charge in [0.1, 0.15) is 0 Å². The zero-order valence-corrected chi connectivity index (χ0v) is 15.3. The van der Waals surface area contributed by atoms with E-state index in [9.17, 15) is 4.79 Å². The third-order valence-corrected chi connectivity index (χ3v) is 5.53. The molecule has 4 nitrogen and oxygen atoms in total. The van der Waals surface area contributed by atoms with Gasteiger partial charge in [0.2, 0.25) is 5.91 Å². The highest BCUT2D eigenvalue weighted by molar-refractivity contribution is 7.11. The summed E-state index contributed by atoms with van der Waals surface area (Å²) < 4.78 is 0. The molecule has 1 amide bonds. The van der Waals surface area contributed by atoms with Gasteiger partial charge in [-0.05, 0) is 54.8 Å². The number of hydrogen-bond donors (Lipinski definition) is 1. The highest BCUT2D eigenvalue weighted by atomic mass is 32.1. The Labute approximate surface area is 149 Å². The summed E-state index contributed by atoms with van der Waals surface area (Å²) in [5.41, 5.74) is 3.04. The van der Waals surface area contributed by atoms with Gasteiger partial charge in [0.15, 0.2) is 0 Å². The van der Waals surface area contributed by atoms with Gasteiger partial charge in [-0.15, -0.1) is 11.3 Å². The van der Waals surface area contributed by atoms with Crippen LogP contribution in [-0.4, -0.2) is 15.9 Å². The normalized spacial score (nSPS) is 12.1. The van der Waals surface area contributed by atoms with Gasteiger partial charge in [-0.1, -0.05) is 6.07 Å². The van der Waals surface area contributed by atoms with Crippen molar-refractivity contribution in [2.75, 3.05) is 0 Å². The van der Waals surface area contributed by atoms with Crippen molar-refractivity contribution in [3.8, 4) is 0 Å². The lowest BCUT2D eigenvalue weighted by molar-refractivity contribution is -0.121. The Morgan fingerprint density at radius 3 is 2.79 bits per heavy atom. The quantitative estimate of drug-likeness (QED) is 0.729. The molecule has 6 heteroatoms. The average Bonchev–Trinajstić information content (AvgIpc) is 3.17. The SMILES string of the molecule is Cc1nc(C)c(CC(=O)NC(Cc2ccsc2)c2ccccn2)s1. The molecule has 3 aromatic rings. The molecule has 0 spiro atoms. The number of nitrogens with zero attached hydrogens (tertiary/aromatic N) is 2. The summed E-state index contributed by atoms with van der Waals surface area (Å²) in [7, 11) is 0. The first-order chi connectivity index (χ1) is 11.6. The first-order valence-electron chi connectivity index (χ1n) is 7.76. The number of pyridine rings is 1. The third-order valence-electron chi connectivity index (χ3n) is 3.72. The summed E-state index contributed by atoms with van der Waals surface area (Å²) in [4.78, 5) is 22.4. The van der Waals surface area contributed by atoms with Crippen LogP contribution in [0.3, 0.4) is 0 Å². The van der Waals surface area contributed by atoms with Crippen molar-refractivity contribution in [1.29, 1.82) is 0 Å². The van der Waals surface area contributed by atoms with Gasteiger partial charge in [-0.2, -0.15) is 11.3 Å². The van der Waals surface area contributed by atoms with E-state index in [-0.39, 0.29) is 11.9 Å². The number of aromatic nitrogens is 2. The van der Waals surface area contributed by atoms with Crippen LogP contribution >= 0.6 is 22.7 Å². The van der Waals surface area contributed by atoms with E-state index in [4.69, 9.17) is 0 Å². The number of rotatable bonds is 6. The van der Waals surface area contributed by atoms with Crippen molar-refractivity contribution < 1.29 is 4.79 Å². The summed E-state index contributed by atoms with van der Waals surface area (Å²) in [5.74, 6) is 0.00707. The molecule has 1 N–H and O–H groups in total. The summed E-state index contributed by atoms with van der Waals surface area (Å²) in [6.45, 7) is 3.92. The van der Waals surface area contributed by atoms with Gasteiger partial charge in [0, 0.05) is 11.1 Å². The Hall–Kier alpha value is -2.05. The Kier molecular flexibility index (Phi) is 5.37. The second-order valence-corrected chi connectivity index (χ2v) is 7.70. The van der Waals surface area contributed by atoms with Gasteiger partial charge in [-0.3, -0.25) is 9.78 Å². The average molecular weight is 358 g/mol. The maximum absolute atomic E-state index is 12.5. The monoisotopic (exact) mass is 357 g/mol. The third kappa shape index (κ3) is 4.27. The number of amides is 1. The number of carbonyl (C=O) groups is 1. The number of hydrogen-bond acceptors (Lipinski definition) is 5. The second-order valence-electron chi connectivity index (χ2n) is 5.63. The summed E-state index contributed by atoms with van der Waals surface area (Å²) in [6, 6.07) is 7.76. The van der Waals surface area contributed by atoms with Crippen molar-refractivity contribution in [2.45, 2.75) is 32.7 Å².